The van der Waals surface area contributed by atoms with Crippen molar-refractivity contribution in [2.75, 3.05) is 6.54 Å². The summed E-state index contributed by atoms with van der Waals surface area (Å²) in [7, 11) is 0. The van der Waals surface area contributed by atoms with Gasteiger partial charge in [0.05, 0.1) is 16.5 Å². The van der Waals surface area contributed by atoms with Crippen LogP contribution in [-0.4, -0.2) is 37.7 Å². The molecule has 0 unspecified atom stereocenters. The molecule has 0 saturated carbocycles. The van der Waals surface area contributed by atoms with E-state index in [1.54, 1.807) is 48.7 Å². The number of amides is 1. The smallest absolute Gasteiger partial charge is 0.303 e. The van der Waals surface area contributed by atoms with Gasteiger partial charge in [-0.05, 0) is 48.4 Å². The topological polar surface area (TPSA) is 104 Å². The Hall–Kier alpha value is -3.22. The maximum Gasteiger partial charge on any atom is 0.303 e. The number of thioether (sulfide) groups is 1. The van der Waals surface area contributed by atoms with E-state index in [2.05, 4.69) is 4.98 Å². The van der Waals surface area contributed by atoms with Gasteiger partial charge >= 0.3 is 5.97 Å². The highest BCUT2D eigenvalue weighted by molar-refractivity contribution is 8.26. The molecule has 1 aromatic heterocycles. The molecule has 0 radical (unpaired) electrons. The summed E-state index contributed by atoms with van der Waals surface area (Å²) >= 11 is 6.41. The fraction of sp³-hybridized carbons (Fsp3) is 0.150. The lowest BCUT2D eigenvalue weighted by molar-refractivity contribution is -0.137. The molecule has 9 heteroatoms. The highest BCUT2D eigenvalue weighted by Crippen LogP contribution is 2.33. The molecule has 1 fully saturated rings. The number of carbonyl (C=O) groups excluding carboxylic acids is 1. The van der Waals surface area contributed by atoms with Crippen molar-refractivity contribution in [1.82, 2.24) is 9.88 Å². The van der Waals surface area contributed by atoms with Crippen LogP contribution in [0.1, 0.15) is 24.0 Å². The Balaban J connectivity index is 1.64. The zero-order valence-electron chi connectivity index (χ0n) is 15.1. The number of hydrogen-bond acceptors (Lipinski definition) is 7. The lowest BCUT2D eigenvalue weighted by Crippen LogP contribution is -2.29. The first kappa shape index (κ1) is 20.5. The van der Waals surface area contributed by atoms with Crippen LogP contribution in [0, 0.1) is 11.3 Å². The van der Waals surface area contributed by atoms with Gasteiger partial charge in [0.1, 0.15) is 10.1 Å². The summed E-state index contributed by atoms with van der Waals surface area (Å²) in [4.78, 5) is 29.2. The summed E-state index contributed by atoms with van der Waals surface area (Å²) in [5, 5.41) is 17.5. The molecule has 0 atom stereocenters. The number of rotatable bonds is 7. The minimum Gasteiger partial charge on any atom is -0.481 e. The van der Waals surface area contributed by atoms with Gasteiger partial charge < -0.3 is 9.84 Å². The van der Waals surface area contributed by atoms with E-state index in [1.807, 2.05) is 6.07 Å². The number of benzene rings is 1. The van der Waals surface area contributed by atoms with Crippen LogP contribution in [0.5, 0.6) is 11.6 Å². The van der Waals surface area contributed by atoms with Crippen LogP contribution in [0.2, 0.25) is 0 Å². The second-order valence-corrected chi connectivity index (χ2v) is 7.67. The van der Waals surface area contributed by atoms with Crippen LogP contribution in [0.25, 0.3) is 6.08 Å². The molecule has 0 bridgehead atoms. The number of ether oxygens (including phenoxy) is 1. The van der Waals surface area contributed by atoms with Gasteiger partial charge in [-0.25, -0.2) is 4.98 Å². The molecular weight excluding hydrogens is 410 g/mol. The number of nitriles is 1. The quantitative estimate of drug-likeness (QED) is 0.528. The summed E-state index contributed by atoms with van der Waals surface area (Å²) in [6.45, 7) is 0.282. The van der Waals surface area contributed by atoms with Crippen LogP contribution in [0.4, 0.5) is 0 Å². The van der Waals surface area contributed by atoms with E-state index in [0.717, 1.165) is 0 Å². The Morgan fingerprint density at radius 2 is 2.07 bits per heavy atom. The number of pyridine rings is 1. The molecular formula is C20H15N3O4S2. The third-order valence-corrected chi connectivity index (χ3v) is 5.29. The van der Waals surface area contributed by atoms with E-state index < -0.39 is 5.97 Å². The highest BCUT2D eigenvalue weighted by Gasteiger charge is 2.31. The minimum atomic E-state index is -0.902. The summed E-state index contributed by atoms with van der Waals surface area (Å²) in [5.41, 5.74) is 1.25. The Morgan fingerprint density at radius 3 is 2.69 bits per heavy atom. The Kier molecular flexibility index (Phi) is 6.59. The second kappa shape index (κ2) is 9.32. The Bertz CT molecular complexity index is 1010. The zero-order chi connectivity index (χ0) is 20.8. The van der Waals surface area contributed by atoms with Crippen molar-refractivity contribution in [3.05, 3.63) is 58.6 Å². The van der Waals surface area contributed by atoms with Gasteiger partial charge in [0.2, 0.25) is 5.88 Å². The Labute approximate surface area is 176 Å². The van der Waals surface area contributed by atoms with Crippen molar-refractivity contribution < 1.29 is 19.4 Å². The lowest BCUT2D eigenvalue weighted by atomic mass is 10.2. The van der Waals surface area contributed by atoms with Crippen LogP contribution in [0.3, 0.4) is 0 Å². The summed E-state index contributed by atoms with van der Waals surface area (Å²) in [6, 6.07) is 12.2. The van der Waals surface area contributed by atoms with Gasteiger partial charge in [0, 0.05) is 25.2 Å². The van der Waals surface area contributed by atoms with Crippen molar-refractivity contribution in [2.24, 2.45) is 0 Å². The number of carboxylic acid groups (broad SMARTS) is 1. The number of hydrogen-bond donors (Lipinski definition) is 1. The van der Waals surface area contributed by atoms with Crippen molar-refractivity contribution in [2.45, 2.75) is 12.8 Å². The van der Waals surface area contributed by atoms with E-state index in [-0.39, 0.29) is 18.9 Å². The van der Waals surface area contributed by atoms with Gasteiger partial charge in [-0.15, -0.1) is 0 Å². The van der Waals surface area contributed by atoms with Crippen LogP contribution >= 0.6 is 24.0 Å². The van der Waals surface area contributed by atoms with Crippen LogP contribution in [0.15, 0.2) is 47.5 Å². The predicted octanol–water partition coefficient (Wildman–Crippen LogP) is 3.81. The molecule has 1 saturated heterocycles. The number of carboxylic acids is 1. The van der Waals surface area contributed by atoms with Gasteiger partial charge in [0.25, 0.3) is 5.91 Å². The van der Waals surface area contributed by atoms with Crippen molar-refractivity contribution in [3.63, 3.8) is 0 Å². The van der Waals surface area contributed by atoms with Crippen LogP contribution in [-0.2, 0) is 9.59 Å². The van der Waals surface area contributed by atoms with Crippen molar-refractivity contribution >= 4 is 46.3 Å². The van der Waals surface area contributed by atoms with Gasteiger partial charge in [0.15, 0.2) is 0 Å². The molecule has 2 aromatic rings. The first-order valence-electron chi connectivity index (χ1n) is 8.57. The third kappa shape index (κ3) is 5.40. The van der Waals surface area contributed by atoms with Gasteiger partial charge in [-0.3, -0.25) is 14.5 Å². The summed E-state index contributed by atoms with van der Waals surface area (Å²) in [6.07, 6.45) is 3.60. The largest absolute Gasteiger partial charge is 0.481 e. The molecule has 29 heavy (non-hydrogen) atoms. The molecule has 0 aliphatic carbocycles. The highest BCUT2D eigenvalue weighted by atomic mass is 32.2. The minimum absolute atomic E-state index is 0.0132. The average Bonchev–Trinajstić information content (AvgIpc) is 2.97. The van der Waals surface area contributed by atoms with E-state index >= 15 is 0 Å². The van der Waals surface area contributed by atoms with E-state index in [4.69, 9.17) is 27.3 Å². The summed E-state index contributed by atoms with van der Waals surface area (Å²) < 4.78 is 6.05. The second-order valence-electron chi connectivity index (χ2n) is 6.00. The lowest BCUT2D eigenvalue weighted by Gasteiger charge is -2.13. The molecule has 7 nitrogen and oxygen atoms in total. The normalized spacial score (nSPS) is 14.9. The third-order valence-electron chi connectivity index (χ3n) is 3.91. The van der Waals surface area contributed by atoms with E-state index in [9.17, 15) is 9.59 Å². The molecule has 1 aromatic carbocycles. The standard InChI is InChI=1S/C20H15N3O4S2/c21-11-13-3-6-15(7-4-13)27-17-8-5-14(12-22-17)10-16-19(26)23(20(28)29-16)9-1-2-18(24)25/h3-8,10,12H,1-2,9H2,(H,24,25). The molecule has 1 aliphatic heterocycles. The molecule has 3 rings (SSSR count). The molecule has 1 amide bonds. The number of aromatic nitrogens is 1. The van der Waals surface area contributed by atoms with Gasteiger partial charge in [-0.2, -0.15) is 5.26 Å². The number of carbonyl (C=O) groups is 2. The van der Waals surface area contributed by atoms with Crippen molar-refractivity contribution in [3.8, 4) is 17.7 Å². The zero-order valence-corrected chi connectivity index (χ0v) is 16.7. The van der Waals surface area contributed by atoms with Crippen molar-refractivity contribution in [1.29, 1.82) is 5.26 Å². The predicted molar refractivity (Wildman–Crippen MR) is 112 cm³/mol. The maximum absolute atomic E-state index is 12.5. The average molecular weight is 425 g/mol. The number of aliphatic carboxylic acids is 1. The first-order valence-corrected chi connectivity index (χ1v) is 9.80. The first-order chi connectivity index (χ1) is 14.0. The molecule has 1 N–H and O–H groups in total. The van der Waals surface area contributed by atoms with E-state index in [1.165, 1.54) is 16.7 Å². The monoisotopic (exact) mass is 425 g/mol. The fourth-order valence-corrected chi connectivity index (χ4v) is 3.80. The van der Waals surface area contributed by atoms with Crippen LogP contribution < -0.4 is 4.74 Å². The molecule has 1 aliphatic rings. The van der Waals surface area contributed by atoms with Gasteiger partial charge in [-0.1, -0.05) is 24.0 Å². The number of nitrogens with zero attached hydrogens (tertiary/aromatic N) is 3. The molecule has 0 spiro atoms. The molecule has 2 heterocycles. The summed E-state index contributed by atoms with van der Waals surface area (Å²) in [5.74, 6) is -0.191. The SMILES string of the molecule is N#Cc1ccc(Oc2ccc(C=C3SC(=S)N(CCCC(=O)O)C3=O)cn2)cc1. The fourth-order valence-electron chi connectivity index (χ4n) is 2.49. The maximum atomic E-state index is 12.5. The Morgan fingerprint density at radius 1 is 1.31 bits per heavy atom. The molecule has 146 valence electrons. The number of thiocarbonyl (C=S) groups is 1. The van der Waals surface area contributed by atoms with E-state index in [0.29, 0.717) is 38.4 Å².